The summed E-state index contributed by atoms with van der Waals surface area (Å²) >= 11 is 1.65. The van der Waals surface area contributed by atoms with Crippen LogP contribution in [0.3, 0.4) is 0 Å². The molecule has 0 atom stereocenters. The third-order valence-electron chi connectivity index (χ3n) is 5.49. The Bertz CT molecular complexity index is 695. The molecular weight excluding hydrogens is 378 g/mol. The highest BCUT2D eigenvalue weighted by atomic mass is 32.2. The van der Waals surface area contributed by atoms with Crippen LogP contribution in [-0.4, -0.2) is 49.1 Å². The first-order valence-electron chi connectivity index (χ1n) is 11.0. The SMILES string of the molecule is CCN(CC)CCOc1ccc(NSc2ccc(CN3CCCCC3)cc2)cc1. The van der Waals surface area contributed by atoms with Crippen molar-refractivity contribution in [3.63, 3.8) is 0 Å². The second-order valence-corrected chi connectivity index (χ2v) is 8.46. The highest BCUT2D eigenvalue weighted by Crippen LogP contribution is 2.24. The minimum absolute atomic E-state index is 0.729. The molecule has 1 heterocycles. The molecule has 4 nitrogen and oxygen atoms in total. The minimum Gasteiger partial charge on any atom is -0.492 e. The van der Waals surface area contributed by atoms with Crippen molar-refractivity contribution in [1.29, 1.82) is 0 Å². The molecule has 0 aliphatic carbocycles. The van der Waals surface area contributed by atoms with Gasteiger partial charge < -0.3 is 14.4 Å². The molecule has 0 radical (unpaired) electrons. The highest BCUT2D eigenvalue weighted by Gasteiger charge is 2.10. The van der Waals surface area contributed by atoms with Crippen molar-refractivity contribution in [2.45, 2.75) is 44.6 Å². The Hall–Kier alpha value is -1.69. The van der Waals surface area contributed by atoms with Gasteiger partial charge in [0.1, 0.15) is 12.4 Å². The first-order valence-corrected chi connectivity index (χ1v) is 11.8. The van der Waals surface area contributed by atoms with Crippen LogP contribution in [0, 0.1) is 0 Å². The molecule has 1 aliphatic heterocycles. The van der Waals surface area contributed by atoms with Gasteiger partial charge in [0, 0.05) is 23.7 Å². The van der Waals surface area contributed by atoms with Gasteiger partial charge in [0.05, 0.1) is 0 Å². The zero-order valence-electron chi connectivity index (χ0n) is 17.9. The van der Waals surface area contributed by atoms with Crippen LogP contribution in [0.4, 0.5) is 5.69 Å². The number of likely N-dealkylation sites (tertiary alicyclic amines) is 1. The standard InChI is InChI=1S/C24H35N3OS/c1-3-26(4-2)18-19-28-23-12-10-22(11-13-23)25-29-24-14-8-21(9-15-24)20-27-16-6-5-7-17-27/h8-15,25H,3-7,16-20H2,1-2H3. The molecule has 0 aromatic heterocycles. The molecule has 1 fully saturated rings. The summed E-state index contributed by atoms with van der Waals surface area (Å²) in [5.41, 5.74) is 2.49. The predicted octanol–water partition coefficient (Wildman–Crippen LogP) is 5.51. The number of ether oxygens (including phenoxy) is 1. The highest BCUT2D eigenvalue weighted by molar-refractivity contribution is 8.00. The third-order valence-corrected chi connectivity index (χ3v) is 6.34. The van der Waals surface area contributed by atoms with E-state index in [0.29, 0.717) is 0 Å². The Morgan fingerprint density at radius 3 is 2.28 bits per heavy atom. The van der Waals surface area contributed by atoms with Gasteiger partial charge in [0.15, 0.2) is 0 Å². The molecule has 0 bridgehead atoms. The molecular formula is C24H35N3OS. The van der Waals surface area contributed by atoms with E-state index in [9.17, 15) is 0 Å². The van der Waals surface area contributed by atoms with Gasteiger partial charge in [-0.25, -0.2) is 0 Å². The van der Waals surface area contributed by atoms with Crippen molar-refractivity contribution in [2.24, 2.45) is 0 Å². The van der Waals surface area contributed by atoms with Crippen LogP contribution < -0.4 is 9.46 Å². The number of nitrogens with zero attached hydrogens (tertiary/aromatic N) is 2. The summed E-state index contributed by atoms with van der Waals surface area (Å²) < 4.78 is 9.28. The van der Waals surface area contributed by atoms with Gasteiger partial charge in [-0.2, -0.15) is 0 Å². The van der Waals surface area contributed by atoms with Gasteiger partial charge in [-0.3, -0.25) is 4.90 Å². The largest absolute Gasteiger partial charge is 0.492 e. The van der Waals surface area contributed by atoms with Gasteiger partial charge in [0.25, 0.3) is 0 Å². The molecule has 3 rings (SSSR count). The van der Waals surface area contributed by atoms with Crippen LogP contribution in [0.25, 0.3) is 0 Å². The van der Waals surface area contributed by atoms with E-state index in [2.05, 4.69) is 64.8 Å². The van der Waals surface area contributed by atoms with Crippen molar-refractivity contribution < 1.29 is 4.74 Å². The van der Waals surface area contributed by atoms with E-state index >= 15 is 0 Å². The summed E-state index contributed by atoms with van der Waals surface area (Å²) in [6.07, 6.45) is 4.08. The number of anilines is 1. The number of piperidine rings is 1. The molecule has 5 heteroatoms. The van der Waals surface area contributed by atoms with Gasteiger partial charge in [-0.1, -0.05) is 32.4 Å². The smallest absolute Gasteiger partial charge is 0.119 e. The number of benzene rings is 2. The second-order valence-electron chi connectivity index (χ2n) is 7.58. The Morgan fingerprint density at radius 2 is 1.62 bits per heavy atom. The van der Waals surface area contributed by atoms with Crippen molar-refractivity contribution in [3.8, 4) is 5.75 Å². The molecule has 2 aromatic carbocycles. The zero-order valence-corrected chi connectivity index (χ0v) is 18.7. The summed E-state index contributed by atoms with van der Waals surface area (Å²) in [6, 6.07) is 17.1. The topological polar surface area (TPSA) is 27.7 Å². The van der Waals surface area contributed by atoms with Crippen LogP contribution in [0.5, 0.6) is 5.75 Å². The van der Waals surface area contributed by atoms with Crippen molar-refractivity contribution in [3.05, 3.63) is 54.1 Å². The Labute approximate surface area is 180 Å². The van der Waals surface area contributed by atoms with Crippen LogP contribution in [0.15, 0.2) is 53.4 Å². The van der Waals surface area contributed by atoms with E-state index in [1.54, 1.807) is 11.9 Å². The van der Waals surface area contributed by atoms with Gasteiger partial charge in [-0.05, 0) is 92.9 Å². The lowest BCUT2D eigenvalue weighted by Gasteiger charge is -2.26. The molecule has 29 heavy (non-hydrogen) atoms. The average Bonchev–Trinajstić information content (AvgIpc) is 2.78. The molecule has 0 amide bonds. The monoisotopic (exact) mass is 413 g/mol. The van der Waals surface area contributed by atoms with Crippen LogP contribution in [-0.2, 0) is 6.54 Å². The van der Waals surface area contributed by atoms with Crippen molar-refractivity contribution in [2.75, 3.05) is 44.1 Å². The average molecular weight is 414 g/mol. The molecule has 1 saturated heterocycles. The summed E-state index contributed by atoms with van der Waals surface area (Å²) in [7, 11) is 0. The molecule has 1 aliphatic rings. The fraction of sp³-hybridized carbons (Fsp3) is 0.500. The molecule has 0 unspecified atom stereocenters. The van der Waals surface area contributed by atoms with E-state index in [4.69, 9.17) is 4.74 Å². The van der Waals surface area contributed by atoms with E-state index in [1.165, 1.54) is 42.8 Å². The number of nitrogens with one attached hydrogen (secondary N) is 1. The number of likely N-dealkylation sites (N-methyl/N-ethyl adjacent to an activating group) is 1. The van der Waals surface area contributed by atoms with Crippen LogP contribution in [0.2, 0.25) is 0 Å². The van der Waals surface area contributed by atoms with Crippen molar-refractivity contribution >= 4 is 17.6 Å². The molecule has 0 saturated carbocycles. The summed E-state index contributed by atoms with van der Waals surface area (Å²) in [5, 5.41) is 0. The van der Waals surface area contributed by atoms with Crippen LogP contribution in [0.1, 0.15) is 38.7 Å². The molecule has 1 N–H and O–H groups in total. The quantitative estimate of drug-likeness (QED) is 0.490. The molecule has 0 spiro atoms. The number of hydrogen-bond donors (Lipinski definition) is 1. The number of hydrogen-bond acceptors (Lipinski definition) is 5. The fourth-order valence-corrected chi connectivity index (χ4v) is 4.25. The van der Waals surface area contributed by atoms with Crippen LogP contribution >= 0.6 is 11.9 Å². The van der Waals surface area contributed by atoms with Crippen molar-refractivity contribution in [1.82, 2.24) is 9.80 Å². The minimum atomic E-state index is 0.729. The van der Waals surface area contributed by atoms with E-state index in [-0.39, 0.29) is 0 Å². The first kappa shape index (κ1) is 22.0. The Kier molecular flexibility index (Phi) is 9.19. The summed E-state index contributed by atoms with van der Waals surface area (Å²) in [6.45, 7) is 11.8. The maximum atomic E-state index is 5.85. The van der Waals surface area contributed by atoms with Gasteiger partial charge in [0.2, 0.25) is 0 Å². The Balaban J connectivity index is 1.40. The predicted molar refractivity (Wildman–Crippen MR) is 125 cm³/mol. The van der Waals surface area contributed by atoms with E-state index < -0.39 is 0 Å². The zero-order chi connectivity index (χ0) is 20.3. The first-order chi connectivity index (χ1) is 14.3. The third kappa shape index (κ3) is 7.57. The summed E-state index contributed by atoms with van der Waals surface area (Å²) in [5.74, 6) is 0.926. The number of rotatable bonds is 11. The normalized spacial score (nSPS) is 14.9. The molecule has 158 valence electrons. The van der Waals surface area contributed by atoms with Gasteiger partial charge >= 0.3 is 0 Å². The maximum absolute atomic E-state index is 5.85. The summed E-state index contributed by atoms with van der Waals surface area (Å²) in [4.78, 5) is 6.16. The lowest BCUT2D eigenvalue weighted by atomic mass is 10.1. The maximum Gasteiger partial charge on any atom is 0.119 e. The lowest BCUT2D eigenvalue weighted by Crippen LogP contribution is -2.28. The fourth-order valence-electron chi connectivity index (χ4n) is 3.61. The van der Waals surface area contributed by atoms with E-state index in [1.807, 2.05) is 12.1 Å². The van der Waals surface area contributed by atoms with E-state index in [0.717, 1.165) is 44.2 Å². The lowest BCUT2D eigenvalue weighted by molar-refractivity contribution is 0.221. The molecule has 2 aromatic rings. The Morgan fingerprint density at radius 1 is 0.931 bits per heavy atom. The second kappa shape index (κ2) is 12.1. The van der Waals surface area contributed by atoms with Gasteiger partial charge in [-0.15, -0.1) is 0 Å².